The lowest BCUT2D eigenvalue weighted by Crippen LogP contribution is -2.36. The van der Waals surface area contributed by atoms with Gasteiger partial charge in [0.05, 0.1) is 13.2 Å². The topological polar surface area (TPSA) is 79.8 Å². The van der Waals surface area contributed by atoms with Crippen LogP contribution in [0.3, 0.4) is 0 Å². The second-order valence-electron chi connectivity index (χ2n) is 7.42. The molecule has 0 aliphatic carbocycles. The number of likely N-dealkylation sites (tertiary alicyclic amines) is 1. The summed E-state index contributed by atoms with van der Waals surface area (Å²) in [4.78, 5) is 46.5. The number of Topliss-reactive ketones (excluding diaryl/α,β-unsaturated/α-hetero) is 2. The van der Waals surface area contributed by atoms with Gasteiger partial charge in [0.2, 0.25) is 5.78 Å². The zero-order chi connectivity index (χ0) is 21.1. The quantitative estimate of drug-likeness (QED) is 0.405. The average molecular weight is 395 g/mol. The molecule has 0 spiro atoms. The van der Waals surface area contributed by atoms with Gasteiger partial charge in [-0.2, -0.15) is 0 Å². The molecule has 2 unspecified atom stereocenters. The molecule has 3 rings (SSSR count). The van der Waals surface area contributed by atoms with Gasteiger partial charge in [0.15, 0.2) is 5.78 Å². The molecule has 1 aromatic heterocycles. The van der Waals surface area contributed by atoms with E-state index in [1.54, 1.807) is 49.8 Å². The van der Waals surface area contributed by atoms with Crippen LogP contribution in [-0.4, -0.2) is 66.6 Å². The number of carbonyl (C=O) groups is 3. The first-order valence-corrected chi connectivity index (χ1v) is 9.43. The number of rotatable bonds is 7. The van der Waals surface area contributed by atoms with Crippen molar-refractivity contribution in [1.82, 2.24) is 14.8 Å². The molecule has 1 saturated heterocycles. The minimum Gasteiger partial charge on any atom is -0.496 e. The maximum absolute atomic E-state index is 13.4. The molecular weight excluding hydrogens is 370 g/mol. The van der Waals surface area contributed by atoms with E-state index >= 15 is 0 Å². The van der Waals surface area contributed by atoms with Gasteiger partial charge in [0, 0.05) is 31.0 Å². The lowest BCUT2D eigenvalue weighted by atomic mass is 9.86. The molecule has 152 valence electrons. The SMILES string of the molecule is COc1ccc(C(=O)C2C(=O)C(=O)N(CCN(C)C)C2c2ccncc2)cc1C. The number of carbonyl (C=O) groups excluding carboxylic acids is 3. The minimum atomic E-state index is -1.08. The molecule has 2 aromatic rings. The molecule has 1 fully saturated rings. The van der Waals surface area contributed by atoms with E-state index < -0.39 is 23.7 Å². The highest BCUT2D eigenvalue weighted by atomic mass is 16.5. The van der Waals surface area contributed by atoms with Crippen molar-refractivity contribution in [2.24, 2.45) is 5.92 Å². The van der Waals surface area contributed by atoms with E-state index in [0.717, 1.165) is 11.1 Å². The summed E-state index contributed by atoms with van der Waals surface area (Å²) in [5.41, 5.74) is 1.91. The summed E-state index contributed by atoms with van der Waals surface area (Å²) in [5, 5.41) is 0. The molecule has 7 heteroatoms. The first-order valence-electron chi connectivity index (χ1n) is 9.43. The van der Waals surface area contributed by atoms with Crippen molar-refractivity contribution < 1.29 is 19.1 Å². The maximum Gasteiger partial charge on any atom is 0.291 e. The molecule has 1 aliphatic rings. The molecule has 0 radical (unpaired) electrons. The highest BCUT2D eigenvalue weighted by molar-refractivity contribution is 6.44. The molecule has 1 aromatic carbocycles. The van der Waals surface area contributed by atoms with Crippen molar-refractivity contribution >= 4 is 17.5 Å². The number of hydrogen-bond donors (Lipinski definition) is 0. The fourth-order valence-corrected chi connectivity index (χ4v) is 3.68. The Hall–Kier alpha value is -3.06. The van der Waals surface area contributed by atoms with E-state index in [0.29, 0.717) is 24.4 Å². The Morgan fingerprint density at radius 3 is 2.45 bits per heavy atom. The lowest BCUT2D eigenvalue weighted by Gasteiger charge is -2.28. The second-order valence-corrected chi connectivity index (χ2v) is 7.42. The summed E-state index contributed by atoms with van der Waals surface area (Å²) < 4.78 is 5.25. The van der Waals surface area contributed by atoms with E-state index in [9.17, 15) is 14.4 Å². The molecule has 0 bridgehead atoms. The Labute approximate surface area is 170 Å². The standard InChI is InChI=1S/C22H25N3O4/c1-14-13-16(5-6-17(14)29-4)20(26)18-19(15-7-9-23-10-8-15)25(12-11-24(2)3)22(28)21(18)27/h5-10,13,18-19H,11-12H2,1-4H3. The first kappa shape index (κ1) is 20.7. The van der Waals surface area contributed by atoms with E-state index in [4.69, 9.17) is 4.74 Å². The molecule has 2 atom stereocenters. The lowest BCUT2D eigenvalue weighted by molar-refractivity contribution is -0.140. The molecule has 7 nitrogen and oxygen atoms in total. The largest absolute Gasteiger partial charge is 0.496 e. The summed E-state index contributed by atoms with van der Waals surface area (Å²) in [6.45, 7) is 2.78. The maximum atomic E-state index is 13.4. The van der Waals surface area contributed by atoms with Crippen LogP contribution in [0.1, 0.15) is 27.5 Å². The van der Waals surface area contributed by atoms with Crippen LogP contribution in [0.5, 0.6) is 5.75 Å². The monoisotopic (exact) mass is 395 g/mol. The van der Waals surface area contributed by atoms with Crippen molar-refractivity contribution in [2.45, 2.75) is 13.0 Å². The Morgan fingerprint density at radius 2 is 1.86 bits per heavy atom. The van der Waals surface area contributed by atoms with Crippen LogP contribution in [0.25, 0.3) is 0 Å². The Morgan fingerprint density at radius 1 is 1.17 bits per heavy atom. The van der Waals surface area contributed by atoms with E-state index in [2.05, 4.69) is 4.98 Å². The fraction of sp³-hybridized carbons (Fsp3) is 0.364. The number of amides is 1. The summed E-state index contributed by atoms with van der Waals surface area (Å²) in [6, 6.07) is 7.89. The smallest absolute Gasteiger partial charge is 0.291 e. The van der Waals surface area contributed by atoms with Gasteiger partial charge < -0.3 is 14.5 Å². The van der Waals surface area contributed by atoms with Gasteiger partial charge in [0.1, 0.15) is 11.7 Å². The predicted molar refractivity (Wildman–Crippen MR) is 108 cm³/mol. The number of benzene rings is 1. The number of likely N-dealkylation sites (N-methyl/N-ethyl adjacent to an activating group) is 1. The predicted octanol–water partition coefficient (Wildman–Crippen LogP) is 1.91. The summed E-state index contributed by atoms with van der Waals surface area (Å²) in [7, 11) is 5.35. The average Bonchev–Trinajstić information content (AvgIpc) is 2.97. The summed E-state index contributed by atoms with van der Waals surface area (Å²) in [6.07, 6.45) is 3.21. The Kier molecular flexibility index (Phi) is 6.08. The third kappa shape index (κ3) is 4.05. The van der Waals surface area contributed by atoms with Gasteiger partial charge in [0.25, 0.3) is 5.91 Å². The third-order valence-electron chi connectivity index (χ3n) is 5.20. The molecule has 1 aliphatic heterocycles. The van der Waals surface area contributed by atoms with Crippen molar-refractivity contribution in [2.75, 3.05) is 34.3 Å². The number of aromatic nitrogens is 1. The van der Waals surface area contributed by atoms with Gasteiger partial charge in [-0.15, -0.1) is 0 Å². The van der Waals surface area contributed by atoms with Gasteiger partial charge >= 0.3 is 0 Å². The van der Waals surface area contributed by atoms with Crippen LogP contribution in [0.2, 0.25) is 0 Å². The van der Waals surface area contributed by atoms with Crippen LogP contribution in [0, 0.1) is 12.8 Å². The Bertz CT molecular complexity index is 927. The van der Waals surface area contributed by atoms with Crippen molar-refractivity contribution in [3.05, 3.63) is 59.4 Å². The van der Waals surface area contributed by atoms with Crippen LogP contribution in [0.4, 0.5) is 0 Å². The second kappa shape index (κ2) is 8.53. The molecule has 2 heterocycles. The van der Waals surface area contributed by atoms with Crippen molar-refractivity contribution in [1.29, 1.82) is 0 Å². The van der Waals surface area contributed by atoms with Gasteiger partial charge in [-0.1, -0.05) is 0 Å². The van der Waals surface area contributed by atoms with Crippen LogP contribution < -0.4 is 4.74 Å². The zero-order valence-corrected chi connectivity index (χ0v) is 17.1. The van der Waals surface area contributed by atoms with E-state index in [-0.39, 0.29) is 5.78 Å². The Balaban J connectivity index is 2.02. The number of aryl methyl sites for hydroxylation is 1. The van der Waals surface area contributed by atoms with E-state index in [1.165, 1.54) is 4.90 Å². The highest BCUT2D eigenvalue weighted by Crippen LogP contribution is 2.38. The van der Waals surface area contributed by atoms with Crippen LogP contribution in [0.15, 0.2) is 42.7 Å². The molecule has 1 amide bonds. The third-order valence-corrected chi connectivity index (χ3v) is 5.20. The van der Waals surface area contributed by atoms with Gasteiger partial charge in [-0.25, -0.2) is 0 Å². The zero-order valence-electron chi connectivity index (χ0n) is 17.1. The molecule has 0 saturated carbocycles. The number of ketones is 2. The van der Waals surface area contributed by atoms with Crippen molar-refractivity contribution in [3.8, 4) is 5.75 Å². The van der Waals surface area contributed by atoms with Crippen molar-refractivity contribution in [3.63, 3.8) is 0 Å². The molecular formula is C22H25N3O4. The van der Waals surface area contributed by atoms with Crippen LogP contribution >= 0.6 is 0 Å². The first-order chi connectivity index (χ1) is 13.8. The molecule has 29 heavy (non-hydrogen) atoms. The summed E-state index contributed by atoms with van der Waals surface area (Å²) >= 11 is 0. The minimum absolute atomic E-state index is 0.357. The van der Waals surface area contributed by atoms with Gasteiger partial charge in [-0.3, -0.25) is 19.4 Å². The number of nitrogens with zero attached hydrogens (tertiary/aromatic N) is 3. The number of pyridine rings is 1. The van der Waals surface area contributed by atoms with Crippen LogP contribution in [-0.2, 0) is 9.59 Å². The summed E-state index contributed by atoms with van der Waals surface area (Å²) in [5.74, 6) is -2.06. The number of methoxy groups -OCH3 is 1. The van der Waals surface area contributed by atoms with E-state index in [1.807, 2.05) is 25.9 Å². The number of ether oxygens (including phenoxy) is 1. The normalized spacial score (nSPS) is 19.1. The van der Waals surface area contributed by atoms with Gasteiger partial charge in [-0.05, 0) is 62.5 Å². The molecule has 0 N–H and O–H groups in total. The number of hydrogen-bond acceptors (Lipinski definition) is 6. The highest BCUT2D eigenvalue weighted by Gasteiger charge is 2.51. The fourth-order valence-electron chi connectivity index (χ4n) is 3.68.